The van der Waals surface area contributed by atoms with Gasteiger partial charge in [-0.15, -0.1) is 0 Å². The molecule has 40 heavy (non-hydrogen) atoms. The summed E-state index contributed by atoms with van der Waals surface area (Å²) in [7, 11) is 0. The normalized spacial score (nSPS) is 34.5. The largest absolute Gasteiger partial charge is 0.417 e. The highest BCUT2D eigenvalue weighted by Gasteiger charge is 3.09. The predicted molar refractivity (Wildman–Crippen MR) is 133 cm³/mol. The molecule has 6 aliphatic carbocycles. The molecule has 1 aromatic carbocycles. The minimum Gasteiger partial charge on any atom is -0.408 e. The Morgan fingerprint density at radius 1 is 1.07 bits per heavy atom. The van der Waals surface area contributed by atoms with E-state index in [1.54, 1.807) is 25.1 Å². The molecule has 0 unspecified atom stereocenters. The number of H-pyrrole nitrogens is 1. The van der Waals surface area contributed by atoms with Crippen molar-refractivity contribution in [3.8, 4) is 0 Å². The molecule has 12 nitrogen and oxygen atoms in total. The third-order valence-corrected chi connectivity index (χ3v) is 10.6. The third-order valence-electron chi connectivity index (χ3n) is 10.6. The Balaban J connectivity index is 0.925. The smallest absolute Gasteiger partial charge is 0.408 e. The van der Waals surface area contributed by atoms with Gasteiger partial charge in [-0.3, -0.25) is 19.4 Å². The molecule has 10 rings (SSSR count). The van der Waals surface area contributed by atoms with Crippen LogP contribution in [0, 0.1) is 46.7 Å². The van der Waals surface area contributed by atoms with Crippen LogP contribution >= 0.6 is 0 Å². The maximum absolute atomic E-state index is 14.5. The zero-order valence-electron chi connectivity index (χ0n) is 21.0. The predicted octanol–water partition coefficient (Wildman–Crippen LogP) is 0.589. The van der Waals surface area contributed by atoms with Crippen LogP contribution in [0.3, 0.4) is 0 Å². The first kappa shape index (κ1) is 22.3. The highest BCUT2D eigenvalue weighted by Crippen LogP contribution is 3.06. The van der Waals surface area contributed by atoms with E-state index < -0.39 is 23.4 Å². The fourth-order valence-corrected chi connectivity index (χ4v) is 9.58. The molecule has 4 aromatic rings. The van der Waals surface area contributed by atoms with Gasteiger partial charge in [0.05, 0.1) is 17.3 Å². The molecule has 3 amide bonds. The van der Waals surface area contributed by atoms with Gasteiger partial charge in [0, 0.05) is 26.1 Å². The van der Waals surface area contributed by atoms with Crippen molar-refractivity contribution in [1.82, 2.24) is 35.5 Å². The Hall–Kier alpha value is -4.55. The molecule has 4 N–H and O–H groups in total. The highest BCUT2D eigenvalue weighted by atomic mass is 19.1. The molecule has 13 heteroatoms. The van der Waals surface area contributed by atoms with Crippen molar-refractivity contribution in [2.75, 3.05) is 6.54 Å². The number of carbonyl (C=O) groups excluding carboxylic acids is 3. The summed E-state index contributed by atoms with van der Waals surface area (Å²) < 4.78 is 20.6. The lowest BCUT2D eigenvalue weighted by Crippen LogP contribution is -3.15. The molecule has 0 bridgehead atoms. The van der Waals surface area contributed by atoms with E-state index in [0.717, 1.165) is 10.7 Å². The fourth-order valence-electron chi connectivity index (χ4n) is 9.58. The molecule has 3 heterocycles. The van der Waals surface area contributed by atoms with Crippen molar-refractivity contribution < 1.29 is 23.2 Å². The van der Waals surface area contributed by atoms with E-state index >= 15 is 0 Å². The van der Waals surface area contributed by atoms with Crippen LogP contribution in [-0.4, -0.2) is 49.4 Å². The maximum atomic E-state index is 14.5. The molecule has 6 saturated carbocycles. The lowest BCUT2D eigenvalue weighted by atomic mass is 8.94. The lowest BCUT2D eigenvalue weighted by Gasteiger charge is -3.11. The number of amides is 3. The number of carbonyl (C=O) groups is 3. The summed E-state index contributed by atoms with van der Waals surface area (Å²) in [6, 6.07) is 6.31. The molecule has 0 radical (unpaired) electrons. The average Bonchev–Trinajstić information content (AvgIpc) is 3.51. The van der Waals surface area contributed by atoms with Gasteiger partial charge in [0.15, 0.2) is 17.0 Å². The standard InChI is InChI=1S/C27H22FN7O5/c1-9(36)34-27-19-16-20(27)18-21(27)17(19)26(16,18)8-30-24(38)14-5-13(32-22-11(28)7-31-35(14)22)23(37)29-6-10-2-3-15-12(4-10)33-25(39)40-15/h2-5,7,16-21H,6,8H2,1H3,(H,29,37)(H,30,38)(H,33,39)(H,34,36). The zero-order valence-corrected chi connectivity index (χ0v) is 21.0. The monoisotopic (exact) mass is 543 g/mol. The summed E-state index contributed by atoms with van der Waals surface area (Å²) in [5, 5.41) is 12.9. The van der Waals surface area contributed by atoms with Crippen LogP contribution in [0.25, 0.3) is 16.7 Å². The van der Waals surface area contributed by atoms with Crippen LogP contribution in [0.15, 0.2) is 39.7 Å². The molecule has 3 aromatic heterocycles. The van der Waals surface area contributed by atoms with Crippen LogP contribution in [0.4, 0.5) is 4.39 Å². The maximum Gasteiger partial charge on any atom is 0.417 e. The number of hydrogen-bond donors (Lipinski definition) is 4. The number of halogens is 1. The Kier molecular flexibility index (Phi) is 3.77. The molecule has 0 atom stereocenters. The third kappa shape index (κ3) is 2.24. The molecule has 0 saturated heterocycles. The summed E-state index contributed by atoms with van der Waals surface area (Å²) in [6.45, 7) is 2.19. The van der Waals surface area contributed by atoms with Gasteiger partial charge < -0.3 is 20.4 Å². The van der Waals surface area contributed by atoms with Gasteiger partial charge in [0.25, 0.3) is 11.8 Å². The van der Waals surface area contributed by atoms with Gasteiger partial charge in [-0.1, -0.05) is 6.07 Å². The second-order valence-electron chi connectivity index (χ2n) is 11.8. The minimum atomic E-state index is -0.748. The van der Waals surface area contributed by atoms with Gasteiger partial charge in [-0.25, -0.2) is 18.7 Å². The van der Waals surface area contributed by atoms with Gasteiger partial charge in [-0.05, 0) is 58.6 Å². The average molecular weight is 544 g/mol. The quantitative estimate of drug-likeness (QED) is 0.265. The van der Waals surface area contributed by atoms with Crippen LogP contribution in [0.5, 0.6) is 0 Å². The number of aromatic amines is 1. The molecular formula is C27H22FN7O5. The van der Waals surface area contributed by atoms with Crippen molar-refractivity contribution in [2.24, 2.45) is 40.9 Å². The Labute approximate surface area is 223 Å². The van der Waals surface area contributed by atoms with Crippen molar-refractivity contribution in [3.05, 3.63) is 63.8 Å². The first-order valence-corrected chi connectivity index (χ1v) is 13.3. The van der Waals surface area contributed by atoms with Crippen LogP contribution in [0.1, 0.15) is 33.5 Å². The van der Waals surface area contributed by atoms with Crippen molar-refractivity contribution >= 4 is 34.5 Å². The first-order valence-electron chi connectivity index (χ1n) is 13.3. The van der Waals surface area contributed by atoms with E-state index in [2.05, 4.69) is 31.0 Å². The van der Waals surface area contributed by atoms with Crippen molar-refractivity contribution in [3.63, 3.8) is 0 Å². The van der Waals surface area contributed by atoms with E-state index in [-0.39, 0.29) is 40.4 Å². The number of aromatic nitrogens is 4. The SMILES string of the molecule is CC(=O)NC12C3C4C1C1C2C3C41CNC(=O)c1cc(C(=O)NCc2ccc3oc(=O)[nH]c3c2)nc2c(F)cnn12. The second kappa shape index (κ2) is 6.77. The van der Waals surface area contributed by atoms with Crippen LogP contribution in [0.2, 0.25) is 0 Å². The number of benzene rings is 1. The first-order chi connectivity index (χ1) is 19.3. The Bertz CT molecular complexity index is 1870. The van der Waals surface area contributed by atoms with Gasteiger partial charge in [0.1, 0.15) is 11.4 Å². The Morgan fingerprint density at radius 3 is 2.55 bits per heavy atom. The molecule has 202 valence electrons. The second-order valence-corrected chi connectivity index (χ2v) is 11.8. The van der Waals surface area contributed by atoms with Crippen molar-refractivity contribution in [1.29, 1.82) is 0 Å². The number of nitrogens with zero attached hydrogens (tertiary/aromatic N) is 3. The molecule has 6 fully saturated rings. The number of nitrogens with one attached hydrogen (secondary N) is 4. The van der Waals surface area contributed by atoms with E-state index in [4.69, 9.17) is 4.42 Å². The summed E-state index contributed by atoms with van der Waals surface area (Å²) >= 11 is 0. The molecule has 6 aliphatic rings. The van der Waals surface area contributed by atoms with E-state index in [9.17, 15) is 23.6 Å². The topological polar surface area (TPSA) is 163 Å². The molecule has 0 spiro atoms. The summed E-state index contributed by atoms with van der Waals surface area (Å²) in [6.07, 6.45) is 0.960. The number of fused-ring (bicyclic) bond motifs is 2. The molecule has 0 aliphatic heterocycles. The lowest BCUT2D eigenvalue weighted by molar-refractivity contribution is -0.622. The van der Waals surface area contributed by atoms with Crippen LogP contribution < -0.4 is 21.7 Å². The van der Waals surface area contributed by atoms with E-state index in [1.165, 1.54) is 6.07 Å². The van der Waals surface area contributed by atoms with Crippen molar-refractivity contribution in [2.45, 2.75) is 19.0 Å². The van der Waals surface area contributed by atoms with E-state index in [1.807, 2.05) is 0 Å². The number of hydrogen-bond acceptors (Lipinski definition) is 7. The molecular weight excluding hydrogens is 521 g/mol. The van der Waals surface area contributed by atoms with Gasteiger partial charge in [0.2, 0.25) is 5.91 Å². The fraction of sp³-hybridized carbons (Fsp3) is 0.407. The van der Waals surface area contributed by atoms with Gasteiger partial charge in [-0.2, -0.15) is 5.10 Å². The zero-order chi connectivity index (χ0) is 27.3. The number of rotatable bonds is 7. The number of oxazole rings is 1. The van der Waals surface area contributed by atoms with E-state index in [0.29, 0.717) is 58.7 Å². The Morgan fingerprint density at radius 2 is 1.82 bits per heavy atom. The summed E-state index contributed by atoms with van der Waals surface area (Å²) in [4.78, 5) is 56.1. The highest BCUT2D eigenvalue weighted by molar-refractivity contribution is 5.98. The summed E-state index contributed by atoms with van der Waals surface area (Å²) in [5.74, 6) is 0.883. The van der Waals surface area contributed by atoms with Crippen LogP contribution in [-0.2, 0) is 11.3 Å². The van der Waals surface area contributed by atoms with Gasteiger partial charge >= 0.3 is 5.76 Å². The summed E-state index contributed by atoms with van der Waals surface area (Å²) in [5.41, 5.74) is 1.41. The minimum absolute atomic E-state index is 0.0167.